The highest BCUT2D eigenvalue weighted by atomic mass is 32.2. The van der Waals surface area contributed by atoms with Crippen molar-refractivity contribution in [3.63, 3.8) is 0 Å². The van der Waals surface area contributed by atoms with Crippen LogP contribution in [0.5, 0.6) is 0 Å². The van der Waals surface area contributed by atoms with Gasteiger partial charge >= 0.3 is 11.9 Å². The summed E-state index contributed by atoms with van der Waals surface area (Å²) < 4.78 is 8.99. The number of rotatable bonds is 4. The van der Waals surface area contributed by atoms with Gasteiger partial charge in [-0.15, -0.1) is 0 Å². The lowest BCUT2D eigenvalue weighted by atomic mass is 10.1. The molecule has 3 rings (SSSR count). The molecule has 1 aliphatic rings. The summed E-state index contributed by atoms with van der Waals surface area (Å²) in [6.45, 7) is 1.08. The summed E-state index contributed by atoms with van der Waals surface area (Å²) in [5.41, 5.74) is 2.43. The van der Waals surface area contributed by atoms with Crippen molar-refractivity contribution in [2.24, 2.45) is 0 Å². The van der Waals surface area contributed by atoms with E-state index in [2.05, 4.69) is 57.1 Å². The van der Waals surface area contributed by atoms with Gasteiger partial charge in [0.2, 0.25) is 0 Å². The van der Waals surface area contributed by atoms with Crippen LogP contribution in [0.15, 0.2) is 47.5 Å². The van der Waals surface area contributed by atoms with Crippen molar-refractivity contribution in [1.82, 2.24) is 13.6 Å². The zero-order valence-corrected chi connectivity index (χ0v) is 15.7. The lowest BCUT2D eigenvalue weighted by Crippen LogP contribution is -2.27. The van der Waals surface area contributed by atoms with Crippen LogP contribution >= 0.6 is 23.5 Å². The Hall–Kier alpha value is -2.23. The van der Waals surface area contributed by atoms with Gasteiger partial charge in [0.1, 0.15) is 10.7 Å². The zero-order valence-electron chi connectivity index (χ0n) is 14.1. The predicted molar refractivity (Wildman–Crippen MR) is 100 cm³/mol. The third kappa shape index (κ3) is 5.94. The van der Waals surface area contributed by atoms with Crippen molar-refractivity contribution in [1.29, 1.82) is 0 Å². The summed E-state index contributed by atoms with van der Waals surface area (Å²) in [6.07, 6.45) is 5.61. The molecule has 0 bridgehead atoms. The molecule has 1 aromatic heterocycles. The fraction of sp³-hybridized carbons (Fsp3) is 0.294. The smallest absolute Gasteiger partial charge is 0.414 e. The number of carbonyl (C=O) groups is 2. The van der Waals surface area contributed by atoms with Crippen molar-refractivity contribution in [2.75, 3.05) is 13.6 Å². The van der Waals surface area contributed by atoms with E-state index in [1.165, 1.54) is 17.3 Å². The van der Waals surface area contributed by atoms with E-state index in [4.69, 9.17) is 19.8 Å². The van der Waals surface area contributed by atoms with Crippen LogP contribution in [0.1, 0.15) is 23.7 Å². The molecule has 1 aliphatic heterocycles. The molecule has 0 spiro atoms. The predicted octanol–water partition coefficient (Wildman–Crippen LogP) is 2.92. The maximum atomic E-state index is 9.10. The number of likely N-dealkylation sites (N-methyl/N-ethyl adjacent to an activating group) is 1. The fourth-order valence-electron chi connectivity index (χ4n) is 2.28. The first kappa shape index (κ1) is 20.1. The zero-order chi connectivity index (χ0) is 18.9. The van der Waals surface area contributed by atoms with Gasteiger partial charge in [0.05, 0.1) is 17.8 Å². The molecule has 0 aliphatic carbocycles. The van der Waals surface area contributed by atoms with Crippen LogP contribution in [-0.4, -0.2) is 49.4 Å². The highest BCUT2D eigenvalue weighted by Gasteiger charge is 2.23. The number of thioether (sulfide) groups is 1. The Morgan fingerprint density at radius 3 is 2.54 bits per heavy atom. The first-order chi connectivity index (χ1) is 12.5. The topological polar surface area (TPSA) is 104 Å². The largest absolute Gasteiger partial charge is 0.473 e. The lowest BCUT2D eigenvalue weighted by Gasteiger charge is -2.27. The van der Waals surface area contributed by atoms with Gasteiger partial charge in [-0.25, -0.2) is 9.59 Å². The van der Waals surface area contributed by atoms with Gasteiger partial charge in [-0.1, -0.05) is 54.2 Å². The third-order valence-corrected chi connectivity index (χ3v) is 5.31. The van der Waals surface area contributed by atoms with E-state index in [1.54, 1.807) is 11.8 Å². The van der Waals surface area contributed by atoms with E-state index in [0.717, 1.165) is 29.4 Å². The summed E-state index contributed by atoms with van der Waals surface area (Å²) in [6, 6.07) is 10.8. The number of aliphatic carboxylic acids is 2. The number of hydrogen-bond donors (Lipinski definition) is 2. The summed E-state index contributed by atoms with van der Waals surface area (Å²) in [7, 11) is 2.15. The molecule has 2 N–H and O–H groups in total. The van der Waals surface area contributed by atoms with Crippen molar-refractivity contribution in [2.45, 2.75) is 23.2 Å². The van der Waals surface area contributed by atoms with Crippen molar-refractivity contribution < 1.29 is 19.8 Å². The van der Waals surface area contributed by atoms with Crippen LogP contribution in [0.2, 0.25) is 0 Å². The fourth-order valence-corrected chi connectivity index (χ4v) is 3.95. The number of benzene rings is 1. The summed E-state index contributed by atoms with van der Waals surface area (Å²) in [5, 5.41) is 15.9. The molecular formula is C17H19N3O4S2. The highest BCUT2D eigenvalue weighted by Crippen LogP contribution is 2.32. The van der Waals surface area contributed by atoms with Crippen LogP contribution in [0, 0.1) is 0 Å². The maximum Gasteiger partial charge on any atom is 0.414 e. The molecule has 1 atom stereocenters. The van der Waals surface area contributed by atoms with E-state index < -0.39 is 11.9 Å². The first-order valence-electron chi connectivity index (χ1n) is 7.81. The third-order valence-electron chi connectivity index (χ3n) is 3.61. The Balaban J connectivity index is 0.000000352. The van der Waals surface area contributed by atoms with E-state index in [9.17, 15) is 0 Å². The van der Waals surface area contributed by atoms with Crippen molar-refractivity contribution in [3.05, 3.63) is 53.7 Å². The number of carboxylic acid groups (broad SMARTS) is 2. The lowest BCUT2D eigenvalue weighted by molar-refractivity contribution is -0.159. The molecule has 0 amide bonds. The van der Waals surface area contributed by atoms with Gasteiger partial charge in [0.25, 0.3) is 0 Å². The molecule has 0 saturated carbocycles. The van der Waals surface area contributed by atoms with E-state index in [0.29, 0.717) is 0 Å². The van der Waals surface area contributed by atoms with Crippen molar-refractivity contribution in [3.8, 4) is 0 Å². The van der Waals surface area contributed by atoms with Crippen LogP contribution in [0.3, 0.4) is 0 Å². The SMILES string of the molecule is CN1CCC=CC1c1nsnc1SCc1ccccc1.O=C(O)C(=O)O. The highest BCUT2D eigenvalue weighted by molar-refractivity contribution is 7.98. The van der Waals surface area contributed by atoms with Gasteiger partial charge in [-0.2, -0.15) is 8.75 Å². The summed E-state index contributed by atoms with van der Waals surface area (Å²) >= 11 is 3.09. The normalized spacial score (nSPS) is 16.6. The van der Waals surface area contributed by atoms with Gasteiger partial charge < -0.3 is 10.2 Å². The molecule has 2 heterocycles. The molecule has 2 aromatic rings. The number of carboxylic acids is 2. The standard InChI is InChI=1S/C15H17N3S2.C2H2O4/c1-18-10-6-5-9-13(18)14-15(17-20-16-14)19-11-12-7-3-2-4-8-12;3-1(4)2(5)6/h2-5,7-9,13H,6,10-11H2,1H3;(H,3,4)(H,5,6). The molecule has 0 saturated heterocycles. The van der Waals surface area contributed by atoms with E-state index in [1.807, 2.05) is 6.07 Å². The van der Waals surface area contributed by atoms with Gasteiger partial charge in [-0.05, 0) is 19.0 Å². The summed E-state index contributed by atoms with van der Waals surface area (Å²) in [4.78, 5) is 20.5. The quantitative estimate of drug-likeness (QED) is 0.464. The van der Waals surface area contributed by atoms with Gasteiger partial charge in [0, 0.05) is 12.3 Å². The van der Waals surface area contributed by atoms with E-state index in [-0.39, 0.29) is 6.04 Å². The Morgan fingerprint density at radius 2 is 1.92 bits per heavy atom. The van der Waals surface area contributed by atoms with Crippen LogP contribution in [-0.2, 0) is 15.3 Å². The Kier molecular flexibility index (Phi) is 7.76. The van der Waals surface area contributed by atoms with Crippen molar-refractivity contribution >= 4 is 35.4 Å². The van der Waals surface area contributed by atoms with Gasteiger partial charge in [-0.3, -0.25) is 4.90 Å². The second kappa shape index (κ2) is 10.0. The molecule has 1 aromatic carbocycles. The minimum atomic E-state index is -1.82. The average molecular weight is 393 g/mol. The monoisotopic (exact) mass is 393 g/mol. The second-order valence-corrected chi connectivity index (χ2v) is 6.97. The molecule has 0 radical (unpaired) electrons. The Bertz CT molecular complexity index is 752. The molecular weight excluding hydrogens is 374 g/mol. The summed E-state index contributed by atoms with van der Waals surface area (Å²) in [5.74, 6) is -2.70. The number of aromatic nitrogens is 2. The maximum absolute atomic E-state index is 9.10. The van der Waals surface area contributed by atoms with Crippen LogP contribution in [0.4, 0.5) is 0 Å². The van der Waals surface area contributed by atoms with E-state index >= 15 is 0 Å². The second-order valence-electron chi connectivity index (χ2n) is 5.48. The van der Waals surface area contributed by atoms with Crippen LogP contribution < -0.4 is 0 Å². The first-order valence-corrected chi connectivity index (χ1v) is 9.53. The number of nitrogens with zero attached hydrogens (tertiary/aromatic N) is 3. The minimum absolute atomic E-state index is 0.278. The Morgan fingerprint density at radius 1 is 1.23 bits per heavy atom. The number of hydrogen-bond acceptors (Lipinski definition) is 7. The molecule has 1 unspecified atom stereocenters. The molecule has 0 fully saturated rings. The average Bonchev–Trinajstić information content (AvgIpc) is 3.10. The minimum Gasteiger partial charge on any atom is -0.473 e. The molecule has 7 nitrogen and oxygen atoms in total. The van der Waals surface area contributed by atoms with Crippen LogP contribution in [0.25, 0.3) is 0 Å². The van der Waals surface area contributed by atoms with Gasteiger partial charge in [0.15, 0.2) is 0 Å². The molecule has 26 heavy (non-hydrogen) atoms. The molecule has 9 heteroatoms. The molecule has 138 valence electrons. The Labute approximate surface area is 159 Å².